The molecule has 2 fully saturated rings. The highest BCUT2D eigenvalue weighted by atomic mass is 16.2. The van der Waals surface area contributed by atoms with E-state index in [1.165, 1.54) is 4.90 Å². The number of aryl methyl sites for hydroxylation is 1. The highest BCUT2D eigenvalue weighted by molar-refractivity contribution is 6.07. The Hall–Kier alpha value is -1.89. The number of nitrogens with zero attached hydrogens (tertiary/aromatic N) is 3. The van der Waals surface area contributed by atoms with Crippen molar-refractivity contribution >= 4 is 11.9 Å². The quantitative estimate of drug-likeness (QED) is 0.719. The Morgan fingerprint density at radius 1 is 1.42 bits per heavy atom. The summed E-state index contributed by atoms with van der Waals surface area (Å²) < 4.78 is 1.93. The fraction of sp³-hybridized carbons (Fsp3) is 0.583. The molecule has 2 aliphatic heterocycles. The number of urea groups is 1. The summed E-state index contributed by atoms with van der Waals surface area (Å²) >= 11 is 0. The van der Waals surface area contributed by atoms with Crippen LogP contribution in [0.3, 0.4) is 0 Å². The smallest absolute Gasteiger partial charge is 0.325 e. The van der Waals surface area contributed by atoms with Crippen molar-refractivity contribution in [2.45, 2.75) is 25.4 Å². The average molecular weight is 263 g/mol. The van der Waals surface area contributed by atoms with Crippen molar-refractivity contribution in [2.75, 3.05) is 19.6 Å². The van der Waals surface area contributed by atoms with Crippen LogP contribution in [-0.2, 0) is 11.3 Å². The Kier molecular flexibility index (Phi) is 2.78. The molecule has 0 saturated carbocycles. The maximum Gasteiger partial charge on any atom is 0.325 e. The average Bonchev–Trinajstić information content (AvgIpc) is 3.04. The van der Waals surface area contributed by atoms with Crippen LogP contribution < -0.4 is 10.6 Å². The van der Waals surface area contributed by atoms with E-state index >= 15 is 0 Å². The molecule has 0 bridgehead atoms. The van der Waals surface area contributed by atoms with E-state index in [1.807, 2.05) is 17.7 Å². The van der Waals surface area contributed by atoms with Gasteiger partial charge in [-0.05, 0) is 19.9 Å². The lowest BCUT2D eigenvalue weighted by Crippen LogP contribution is -2.48. The van der Waals surface area contributed by atoms with E-state index in [1.54, 1.807) is 6.20 Å². The van der Waals surface area contributed by atoms with E-state index in [2.05, 4.69) is 15.6 Å². The summed E-state index contributed by atoms with van der Waals surface area (Å²) in [5, 5.41) is 5.95. The van der Waals surface area contributed by atoms with Gasteiger partial charge < -0.3 is 15.2 Å². The first-order valence-electron chi connectivity index (χ1n) is 6.45. The van der Waals surface area contributed by atoms with Gasteiger partial charge in [-0.15, -0.1) is 0 Å². The Balaban J connectivity index is 1.70. The molecule has 1 unspecified atom stereocenters. The van der Waals surface area contributed by atoms with Crippen molar-refractivity contribution in [1.29, 1.82) is 0 Å². The molecule has 7 nitrogen and oxygen atoms in total. The number of rotatable bonds is 3. The first-order valence-corrected chi connectivity index (χ1v) is 6.45. The van der Waals surface area contributed by atoms with Gasteiger partial charge in [-0.3, -0.25) is 9.69 Å². The SMILES string of the molecule is Cc1nccn1CCN1C(=O)NC2(CCNC2)C1=O. The highest BCUT2D eigenvalue weighted by Crippen LogP contribution is 2.24. The number of hydrogen-bond acceptors (Lipinski definition) is 4. The van der Waals surface area contributed by atoms with Crippen LogP contribution in [0.4, 0.5) is 4.79 Å². The molecule has 3 heterocycles. The summed E-state index contributed by atoms with van der Waals surface area (Å²) in [6.45, 7) is 4.14. The largest absolute Gasteiger partial charge is 0.333 e. The number of nitrogens with one attached hydrogen (secondary N) is 2. The molecule has 0 aliphatic carbocycles. The van der Waals surface area contributed by atoms with E-state index in [4.69, 9.17) is 0 Å². The van der Waals surface area contributed by atoms with Gasteiger partial charge in [0.25, 0.3) is 5.91 Å². The number of imide groups is 1. The minimum absolute atomic E-state index is 0.111. The van der Waals surface area contributed by atoms with Crippen molar-refractivity contribution in [3.05, 3.63) is 18.2 Å². The molecule has 1 atom stereocenters. The van der Waals surface area contributed by atoms with Crippen LogP contribution in [0.2, 0.25) is 0 Å². The molecule has 7 heteroatoms. The Morgan fingerprint density at radius 2 is 2.26 bits per heavy atom. The molecule has 1 spiro atoms. The third kappa shape index (κ3) is 1.90. The molecule has 102 valence electrons. The summed E-state index contributed by atoms with van der Waals surface area (Å²) in [5.74, 6) is 0.768. The molecule has 2 aliphatic rings. The van der Waals surface area contributed by atoms with Gasteiger partial charge in [0, 0.05) is 32.0 Å². The number of carbonyl (C=O) groups is 2. The van der Waals surface area contributed by atoms with Crippen LogP contribution >= 0.6 is 0 Å². The summed E-state index contributed by atoms with van der Waals surface area (Å²) in [6, 6.07) is -0.286. The number of aromatic nitrogens is 2. The third-order valence-corrected chi connectivity index (χ3v) is 3.89. The molecule has 1 aromatic rings. The third-order valence-electron chi connectivity index (χ3n) is 3.89. The van der Waals surface area contributed by atoms with E-state index in [0.717, 1.165) is 12.4 Å². The predicted octanol–water partition coefficient (Wildman–Crippen LogP) is -0.525. The van der Waals surface area contributed by atoms with Crippen LogP contribution in [0.1, 0.15) is 12.2 Å². The lowest BCUT2D eigenvalue weighted by Gasteiger charge is -2.19. The topological polar surface area (TPSA) is 79.3 Å². The zero-order valence-electron chi connectivity index (χ0n) is 10.8. The second-order valence-electron chi connectivity index (χ2n) is 5.06. The molecule has 1 aromatic heterocycles. The zero-order valence-corrected chi connectivity index (χ0v) is 10.8. The second-order valence-corrected chi connectivity index (χ2v) is 5.06. The van der Waals surface area contributed by atoms with E-state index in [9.17, 15) is 9.59 Å². The van der Waals surface area contributed by atoms with Crippen molar-refractivity contribution in [3.63, 3.8) is 0 Å². The van der Waals surface area contributed by atoms with Crippen LogP contribution in [0.25, 0.3) is 0 Å². The van der Waals surface area contributed by atoms with Gasteiger partial charge in [0.15, 0.2) is 0 Å². The summed E-state index contributed by atoms with van der Waals surface area (Å²) in [4.78, 5) is 29.7. The van der Waals surface area contributed by atoms with Crippen LogP contribution in [0, 0.1) is 6.92 Å². The van der Waals surface area contributed by atoms with Crippen molar-refractivity contribution in [3.8, 4) is 0 Å². The van der Waals surface area contributed by atoms with Crippen LogP contribution in [0.15, 0.2) is 12.4 Å². The molecule has 0 radical (unpaired) electrons. The fourth-order valence-corrected chi connectivity index (χ4v) is 2.71. The zero-order chi connectivity index (χ0) is 13.5. The van der Waals surface area contributed by atoms with Gasteiger partial charge in [-0.2, -0.15) is 0 Å². The first kappa shape index (κ1) is 12.2. The number of amides is 3. The van der Waals surface area contributed by atoms with Crippen LogP contribution in [0.5, 0.6) is 0 Å². The lowest BCUT2D eigenvalue weighted by atomic mass is 9.99. The molecule has 2 saturated heterocycles. The van der Waals surface area contributed by atoms with Gasteiger partial charge in [0.2, 0.25) is 0 Å². The van der Waals surface area contributed by atoms with Gasteiger partial charge in [0.05, 0.1) is 0 Å². The highest BCUT2D eigenvalue weighted by Gasteiger charge is 2.52. The van der Waals surface area contributed by atoms with Gasteiger partial charge in [0.1, 0.15) is 11.4 Å². The van der Waals surface area contributed by atoms with Gasteiger partial charge in [-0.1, -0.05) is 0 Å². The maximum atomic E-state index is 12.4. The van der Waals surface area contributed by atoms with Crippen molar-refractivity contribution in [2.24, 2.45) is 0 Å². The van der Waals surface area contributed by atoms with Crippen molar-refractivity contribution in [1.82, 2.24) is 25.1 Å². The molecule has 3 amide bonds. The molecule has 3 rings (SSSR count). The minimum Gasteiger partial charge on any atom is -0.333 e. The van der Waals surface area contributed by atoms with Gasteiger partial charge in [-0.25, -0.2) is 9.78 Å². The van der Waals surface area contributed by atoms with E-state index in [-0.39, 0.29) is 11.9 Å². The van der Waals surface area contributed by atoms with E-state index in [0.29, 0.717) is 26.1 Å². The molecule has 2 N–H and O–H groups in total. The Labute approximate surface area is 111 Å². The summed E-state index contributed by atoms with van der Waals surface area (Å²) in [5.41, 5.74) is -0.707. The summed E-state index contributed by atoms with van der Waals surface area (Å²) in [7, 11) is 0. The summed E-state index contributed by atoms with van der Waals surface area (Å²) in [6.07, 6.45) is 4.22. The number of carbonyl (C=O) groups excluding carboxylic acids is 2. The number of hydrogen-bond donors (Lipinski definition) is 2. The van der Waals surface area contributed by atoms with E-state index < -0.39 is 5.54 Å². The molecule has 19 heavy (non-hydrogen) atoms. The molecular weight excluding hydrogens is 246 g/mol. The lowest BCUT2D eigenvalue weighted by molar-refractivity contribution is -0.130. The molecule has 0 aromatic carbocycles. The van der Waals surface area contributed by atoms with Crippen molar-refractivity contribution < 1.29 is 9.59 Å². The standard InChI is InChI=1S/C12H17N5O2/c1-9-14-4-5-16(9)6-7-17-10(18)12(15-11(17)19)2-3-13-8-12/h4-5,13H,2-3,6-8H2,1H3,(H,15,19). The predicted molar refractivity (Wildman–Crippen MR) is 67.4 cm³/mol. The fourth-order valence-electron chi connectivity index (χ4n) is 2.71. The minimum atomic E-state index is -0.707. The van der Waals surface area contributed by atoms with Gasteiger partial charge >= 0.3 is 6.03 Å². The van der Waals surface area contributed by atoms with Crippen LogP contribution in [-0.4, -0.2) is 51.6 Å². The Bertz CT molecular complexity index is 518. The maximum absolute atomic E-state index is 12.4. The first-order chi connectivity index (χ1) is 9.12. The number of imidazole rings is 1. The molecular formula is C12H17N5O2. The normalized spacial score (nSPS) is 26.5. The Morgan fingerprint density at radius 3 is 2.89 bits per heavy atom. The monoisotopic (exact) mass is 263 g/mol. The second kappa shape index (κ2) is 4.34.